The number of hydrogen-bond acceptors (Lipinski definition) is 3. The standard InChI is InChI=1S/C8H21N3Si/c1-3-12(9,4-2)11-7-5-10-6-8-11/h10H,3-9H2,1-2H3. The first-order valence-electron chi connectivity index (χ1n) is 4.97. The van der Waals surface area contributed by atoms with Gasteiger partial charge in [0.15, 0.2) is 0 Å². The van der Waals surface area contributed by atoms with Gasteiger partial charge in [0.05, 0.1) is 0 Å². The Kier molecular flexibility index (Phi) is 3.70. The molecule has 3 nitrogen and oxygen atoms in total. The van der Waals surface area contributed by atoms with Crippen LogP contribution in [0.2, 0.25) is 12.1 Å². The third kappa shape index (κ3) is 2.07. The number of piperazine rings is 1. The highest BCUT2D eigenvalue weighted by Gasteiger charge is 2.32. The van der Waals surface area contributed by atoms with Crippen molar-refractivity contribution in [3.63, 3.8) is 0 Å². The molecule has 0 aromatic heterocycles. The van der Waals surface area contributed by atoms with Crippen molar-refractivity contribution in [1.82, 2.24) is 9.88 Å². The Morgan fingerprint density at radius 1 is 1.25 bits per heavy atom. The van der Waals surface area contributed by atoms with Crippen LogP contribution in [0.5, 0.6) is 0 Å². The van der Waals surface area contributed by atoms with Crippen LogP contribution in [0, 0.1) is 0 Å². The predicted octanol–water partition coefficient (Wildman–Crippen LogP) is 0.332. The molecule has 1 saturated heterocycles. The Balaban J connectivity index is 2.51. The van der Waals surface area contributed by atoms with Gasteiger partial charge in [-0.15, -0.1) is 0 Å². The lowest BCUT2D eigenvalue weighted by Gasteiger charge is -2.40. The van der Waals surface area contributed by atoms with Crippen molar-refractivity contribution in [3.8, 4) is 0 Å². The van der Waals surface area contributed by atoms with Crippen LogP contribution in [0.15, 0.2) is 0 Å². The van der Waals surface area contributed by atoms with Crippen molar-refractivity contribution in [1.29, 1.82) is 0 Å². The monoisotopic (exact) mass is 187 g/mol. The lowest BCUT2D eigenvalue weighted by Crippen LogP contribution is -2.64. The van der Waals surface area contributed by atoms with Crippen molar-refractivity contribution in [3.05, 3.63) is 0 Å². The Bertz CT molecular complexity index is 130. The molecule has 3 N–H and O–H groups in total. The Labute approximate surface area is 76.5 Å². The van der Waals surface area contributed by atoms with E-state index in [4.69, 9.17) is 5.40 Å². The van der Waals surface area contributed by atoms with Crippen LogP contribution in [0.4, 0.5) is 0 Å². The maximum absolute atomic E-state index is 6.41. The van der Waals surface area contributed by atoms with Crippen molar-refractivity contribution >= 4 is 8.40 Å². The molecule has 12 heavy (non-hydrogen) atoms. The number of rotatable bonds is 3. The molecule has 0 amide bonds. The average Bonchev–Trinajstić information content (AvgIpc) is 2.18. The van der Waals surface area contributed by atoms with Crippen LogP contribution in [-0.4, -0.2) is 39.1 Å². The van der Waals surface area contributed by atoms with Crippen LogP contribution in [-0.2, 0) is 0 Å². The molecule has 0 unspecified atom stereocenters. The lowest BCUT2D eigenvalue weighted by molar-refractivity contribution is 0.353. The normalized spacial score (nSPS) is 21.2. The topological polar surface area (TPSA) is 41.3 Å². The molecule has 1 aliphatic rings. The minimum atomic E-state index is -1.50. The summed E-state index contributed by atoms with van der Waals surface area (Å²) in [6.45, 7) is 9.02. The van der Waals surface area contributed by atoms with Crippen molar-refractivity contribution in [2.75, 3.05) is 26.2 Å². The molecule has 1 heterocycles. The van der Waals surface area contributed by atoms with E-state index in [1.54, 1.807) is 0 Å². The fraction of sp³-hybridized carbons (Fsp3) is 1.00. The lowest BCUT2D eigenvalue weighted by atomic mass is 10.4. The third-order valence-electron chi connectivity index (χ3n) is 2.97. The highest BCUT2D eigenvalue weighted by atomic mass is 28.3. The van der Waals surface area contributed by atoms with Crippen LogP contribution in [0.25, 0.3) is 0 Å². The zero-order valence-electron chi connectivity index (χ0n) is 8.27. The fourth-order valence-electron chi connectivity index (χ4n) is 1.81. The summed E-state index contributed by atoms with van der Waals surface area (Å²) in [6, 6.07) is 2.37. The molecule has 4 heteroatoms. The Hall–Kier alpha value is 0.0969. The zero-order valence-corrected chi connectivity index (χ0v) is 9.27. The van der Waals surface area contributed by atoms with E-state index >= 15 is 0 Å². The summed E-state index contributed by atoms with van der Waals surface area (Å²) in [7, 11) is -1.50. The van der Waals surface area contributed by atoms with Crippen molar-refractivity contribution < 1.29 is 0 Å². The van der Waals surface area contributed by atoms with E-state index in [2.05, 4.69) is 23.7 Å². The Morgan fingerprint density at radius 2 is 1.75 bits per heavy atom. The van der Waals surface area contributed by atoms with Crippen molar-refractivity contribution in [2.45, 2.75) is 25.9 Å². The number of nitrogens with zero attached hydrogens (tertiary/aromatic N) is 1. The van der Waals surface area contributed by atoms with Gasteiger partial charge in [0.25, 0.3) is 0 Å². The van der Waals surface area contributed by atoms with Gasteiger partial charge in [0.1, 0.15) is 0 Å². The van der Waals surface area contributed by atoms with Crippen molar-refractivity contribution in [2.24, 2.45) is 5.40 Å². The smallest absolute Gasteiger partial charge is 0.200 e. The van der Waals surface area contributed by atoms with Gasteiger partial charge in [-0.05, 0) is 12.1 Å². The summed E-state index contributed by atoms with van der Waals surface area (Å²) in [4.78, 5) is 0. The van der Waals surface area contributed by atoms with Crippen LogP contribution >= 0.6 is 0 Å². The molecular weight excluding hydrogens is 166 g/mol. The van der Waals surface area contributed by atoms with E-state index in [-0.39, 0.29) is 0 Å². The highest BCUT2D eigenvalue weighted by molar-refractivity contribution is 6.73. The molecule has 0 aromatic carbocycles. The van der Waals surface area contributed by atoms with E-state index < -0.39 is 8.40 Å². The summed E-state index contributed by atoms with van der Waals surface area (Å²) in [5.41, 5.74) is 0. The fourth-order valence-corrected chi connectivity index (χ4v) is 4.32. The molecule has 0 aliphatic carbocycles. The van der Waals surface area contributed by atoms with Gasteiger partial charge in [0.2, 0.25) is 8.40 Å². The third-order valence-corrected chi connectivity index (χ3v) is 7.13. The van der Waals surface area contributed by atoms with Crippen LogP contribution in [0.1, 0.15) is 13.8 Å². The van der Waals surface area contributed by atoms with E-state index in [1.807, 2.05) is 0 Å². The quantitative estimate of drug-likeness (QED) is 0.626. The molecule has 72 valence electrons. The summed E-state index contributed by atoms with van der Waals surface area (Å²) in [6.07, 6.45) is 0. The van der Waals surface area contributed by atoms with Gasteiger partial charge in [-0.1, -0.05) is 13.8 Å². The summed E-state index contributed by atoms with van der Waals surface area (Å²) in [5, 5.41) is 9.77. The molecule has 1 aliphatic heterocycles. The second-order valence-electron chi connectivity index (χ2n) is 3.55. The molecule has 1 rings (SSSR count). The first-order chi connectivity index (χ1) is 5.73. The molecule has 1 fully saturated rings. The van der Waals surface area contributed by atoms with Gasteiger partial charge in [-0.25, -0.2) is 0 Å². The summed E-state index contributed by atoms with van der Waals surface area (Å²) < 4.78 is 2.55. The number of nitrogens with two attached hydrogens (primary N) is 1. The van der Waals surface area contributed by atoms with E-state index in [0.717, 1.165) is 26.2 Å². The first kappa shape index (κ1) is 10.2. The highest BCUT2D eigenvalue weighted by Crippen LogP contribution is 2.14. The predicted molar refractivity (Wildman–Crippen MR) is 55.3 cm³/mol. The molecule has 0 spiro atoms. The second kappa shape index (κ2) is 4.37. The van der Waals surface area contributed by atoms with Gasteiger partial charge in [-0.3, -0.25) is 0 Å². The summed E-state index contributed by atoms with van der Waals surface area (Å²) >= 11 is 0. The van der Waals surface area contributed by atoms with Crippen LogP contribution in [0.3, 0.4) is 0 Å². The largest absolute Gasteiger partial charge is 0.339 e. The first-order valence-corrected chi connectivity index (χ1v) is 7.41. The molecular formula is C8H21N3Si. The second-order valence-corrected chi connectivity index (χ2v) is 7.80. The minimum Gasteiger partial charge on any atom is -0.339 e. The molecule has 0 saturated carbocycles. The van der Waals surface area contributed by atoms with Gasteiger partial charge < -0.3 is 15.3 Å². The zero-order chi connectivity index (χ0) is 9.03. The molecule has 0 radical (unpaired) electrons. The maximum Gasteiger partial charge on any atom is 0.200 e. The number of hydrogen-bond donors (Lipinski definition) is 2. The summed E-state index contributed by atoms with van der Waals surface area (Å²) in [5.74, 6) is 0. The van der Waals surface area contributed by atoms with Crippen LogP contribution < -0.4 is 10.7 Å². The molecule has 0 atom stereocenters. The Morgan fingerprint density at radius 3 is 2.17 bits per heavy atom. The van der Waals surface area contributed by atoms with Gasteiger partial charge in [-0.2, -0.15) is 0 Å². The van der Waals surface area contributed by atoms with E-state index in [9.17, 15) is 0 Å². The van der Waals surface area contributed by atoms with E-state index in [1.165, 1.54) is 12.1 Å². The minimum absolute atomic E-state index is 1.12. The average molecular weight is 187 g/mol. The maximum atomic E-state index is 6.41. The van der Waals surface area contributed by atoms with E-state index in [0.29, 0.717) is 0 Å². The molecule has 0 aromatic rings. The SMILES string of the molecule is CC[Si](N)(CC)N1CCNCC1. The molecule has 0 bridgehead atoms. The van der Waals surface area contributed by atoms with Gasteiger partial charge >= 0.3 is 0 Å². The number of nitrogens with one attached hydrogen (secondary N) is 1. The van der Waals surface area contributed by atoms with Gasteiger partial charge in [0, 0.05) is 26.2 Å².